The molecule has 4 atom stereocenters. The summed E-state index contributed by atoms with van der Waals surface area (Å²) in [6.07, 6.45) is 2.78. The van der Waals surface area contributed by atoms with Crippen molar-refractivity contribution in [1.82, 2.24) is 0 Å². The fourth-order valence-corrected chi connectivity index (χ4v) is 1.99. The van der Waals surface area contributed by atoms with E-state index in [1.807, 2.05) is 0 Å². The summed E-state index contributed by atoms with van der Waals surface area (Å²) in [5.41, 5.74) is 10.3. The number of nitrogens with two attached hydrogens (primary N) is 2. The average Bonchev–Trinajstić information content (AvgIpc) is 2.60. The Morgan fingerprint density at radius 3 is 1.69 bits per heavy atom. The molecule has 1 fully saturated rings. The van der Waals surface area contributed by atoms with Crippen molar-refractivity contribution >= 4 is 11.8 Å². The Balaban J connectivity index is 2.30. The third-order valence-electron chi connectivity index (χ3n) is 2.56. The lowest BCUT2D eigenvalue weighted by Crippen LogP contribution is -2.42. The van der Waals surface area contributed by atoms with Gasteiger partial charge in [-0.05, 0) is 0 Å². The van der Waals surface area contributed by atoms with Crippen LogP contribution >= 0.6 is 0 Å². The Hall–Kier alpha value is -1.36. The summed E-state index contributed by atoms with van der Waals surface area (Å²) >= 11 is 0. The van der Waals surface area contributed by atoms with E-state index in [1.165, 1.54) is 0 Å². The van der Waals surface area contributed by atoms with E-state index in [2.05, 4.69) is 0 Å². The van der Waals surface area contributed by atoms with Crippen molar-refractivity contribution < 1.29 is 14.3 Å². The van der Waals surface area contributed by atoms with Crippen molar-refractivity contribution in [3.8, 4) is 0 Å². The Morgan fingerprint density at radius 2 is 1.38 bits per heavy atom. The molecule has 2 rings (SSSR count). The minimum absolute atomic E-state index is 0.361. The normalized spacial score (nSPS) is 40.9. The predicted molar refractivity (Wildman–Crippen MR) is 43.2 cm³/mol. The molecule has 13 heavy (non-hydrogen) atoms. The fourth-order valence-electron chi connectivity index (χ4n) is 1.99. The van der Waals surface area contributed by atoms with Crippen LogP contribution in [-0.2, 0) is 14.3 Å². The van der Waals surface area contributed by atoms with Crippen molar-refractivity contribution in [2.24, 2.45) is 23.3 Å². The maximum atomic E-state index is 11.0. The molecule has 0 aliphatic carbocycles. The summed E-state index contributed by atoms with van der Waals surface area (Å²) in [6.45, 7) is 0. The maximum Gasteiger partial charge on any atom is 0.224 e. The highest BCUT2D eigenvalue weighted by molar-refractivity contribution is 5.88. The number of carbonyl (C=O) groups is 2. The Morgan fingerprint density at radius 1 is 1.00 bits per heavy atom. The summed E-state index contributed by atoms with van der Waals surface area (Å²) in [6, 6.07) is 0. The van der Waals surface area contributed by atoms with Gasteiger partial charge in [0, 0.05) is 0 Å². The number of hydrogen-bond acceptors (Lipinski definition) is 3. The highest BCUT2D eigenvalue weighted by Gasteiger charge is 2.51. The number of fused-ring (bicyclic) bond motifs is 2. The molecule has 2 bridgehead atoms. The Labute approximate surface area is 74.7 Å². The zero-order valence-corrected chi connectivity index (χ0v) is 6.84. The number of carbonyl (C=O) groups excluding carboxylic acids is 2. The quantitative estimate of drug-likeness (QED) is 0.510. The van der Waals surface area contributed by atoms with Gasteiger partial charge >= 0.3 is 0 Å². The van der Waals surface area contributed by atoms with E-state index in [1.54, 1.807) is 12.2 Å². The SMILES string of the molecule is NC(=O)C1C2C=CC(O2)C1C(N)=O. The van der Waals surface area contributed by atoms with Crippen LogP contribution in [0.25, 0.3) is 0 Å². The largest absolute Gasteiger partial charge is 0.369 e. The van der Waals surface area contributed by atoms with Crippen LogP contribution in [0.15, 0.2) is 12.2 Å². The van der Waals surface area contributed by atoms with Gasteiger partial charge in [0.1, 0.15) is 0 Å². The standard InChI is InChI=1S/C8H10N2O3/c9-7(11)5-3-1-2-4(13-3)6(5)8(10)12/h1-6H,(H2,9,11)(H2,10,12). The lowest BCUT2D eigenvalue weighted by atomic mass is 9.82. The Bertz CT molecular complexity index is 272. The van der Waals surface area contributed by atoms with Crippen LogP contribution in [0.5, 0.6) is 0 Å². The number of amides is 2. The topological polar surface area (TPSA) is 95.4 Å². The van der Waals surface area contributed by atoms with Crippen LogP contribution in [0, 0.1) is 11.8 Å². The molecule has 1 saturated heterocycles. The first-order chi connectivity index (χ1) is 6.11. The molecule has 4 N–H and O–H groups in total. The predicted octanol–water partition coefficient (Wildman–Crippen LogP) is -1.47. The third-order valence-corrected chi connectivity index (χ3v) is 2.56. The molecule has 5 heteroatoms. The molecule has 0 spiro atoms. The van der Waals surface area contributed by atoms with Gasteiger partial charge in [0.15, 0.2) is 0 Å². The van der Waals surface area contributed by atoms with Gasteiger partial charge in [0.25, 0.3) is 0 Å². The number of primary amides is 2. The number of hydrogen-bond donors (Lipinski definition) is 2. The average molecular weight is 182 g/mol. The minimum atomic E-state index is -0.590. The summed E-state index contributed by atoms with van der Waals surface area (Å²) in [5.74, 6) is -2.23. The lowest BCUT2D eigenvalue weighted by molar-refractivity contribution is -0.130. The molecular weight excluding hydrogens is 172 g/mol. The van der Waals surface area contributed by atoms with Crippen molar-refractivity contribution in [2.75, 3.05) is 0 Å². The Kier molecular flexibility index (Phi) is 1.63. The maximum absolute atomic E-state index is 11.0. The first-order valence-electron chi connectivity index (χ1n) is 4.03. The lowest BCUT2D eigenvalue weighted by Gasteiger charge is -2.18. The van der Waals surface area contributed by atoms with Gasteiger partial charge in [-0.1, -0.05) is 12.2 Å². The van der Waals surface area contributed by atoms with E-state index in [0.29, 0.717) is 0 Å². The molecule has 0 aromatic rings. The molecule has 2 heterocycles. The van der Waals surface area contributed by atoms with Crippen molar-refractivity contribution in [1.29, 1.82) is 0 Å². The van der Waals surface area contributed by atoms with Crippen molar-refractivity contribution in [3.63, 3.8) is 0 Å². The van der Waals surface area contributed by atoms with Crippen LogP contribution < -0.4 is 11.5 Å². The van der Waals surface area contributed by atoms with Crippen LogP contribution in [0.1, 0.15) is 0 Å². The van der Waals surface area contributed by atoms with E-state index in [0.717, 1.165) is 0 Å². The van der Waals surface area contributed by atoms with E-state index < -0.39 is 23.7 Å². The molecule has 0 radical (unpaired) electrons. The molecule has 70 valence electrons. The molecule has 0 saturated carbocycles. The zero-order valence-electron chi connectivity index (χ0n) is 6.84. The molecule has 5 nitrogen and oxygen atoms in total. The molecule has 2 aliphatic rings. The van der Waals surface area contributed by atoms with Gasteiger partial charge in [-0.3, -0.25) is 9.59 Å². The first-order valence-corrected chi connectivity index (χ1v) is 4.03. The molecule has 0 aromatic carbocycles. The highest BCUT2D eigenvalue weighted by atomic mass is 16.5. The third kappa shape index (κ3) is 1.04. The molecule has 0 aromatic heterocycles. The summed E-state index contributed by atoms with van der Waals surface area (Å²) < 4.78 is 5.31. The summed E-state index contributed by atoms with van der Waals surface area (Å²) in [7, 11) is 0. The van der Waals surface area contributed by atoms with Crippen molar-refractivity contribution in [2.45, 2.75) is 12.2 Å². The van der Waals surface area contributed by atoms with Crippen molar-refractivity contribution in [3.05, 3.63) is 12.2 Å². The molecule has 4 unspecified atom stereocenters. The fraction of sp³-hybridized carbons (Fsp3) is 0.500. The van der Waals surface area contributed by atoms with Crippen LogP contribution in [0.2, 0.25) is 0 Å². The van der Waals surface area contributed by atoms with Gasteiger partial charge in [-0.25, -0.2) is 0 Å². The minimum Gasteiger partial charge on any atom is -0.369 e. The first kappa shape index (κ1) is 8.25. The van der Waals surface area contributed by atoms with Crippen LogP contribution in [0.3, 0.4) is 0 Å². The second kappa shape index (κ2) is 2.56. The zero-order chi connectivity index (χ0) is 9.59. The number of rotatable bonds is 2. The molecule has 2 amide bonds. The van der Waals surface area contributed by atoms with Gasteiger partial charge < -0.3 is 16.2 Å². The van der Waals surface area contributed by atoms with Gasteiger partial charge in [-0.15, -0.1) is 0 Å². The monoisotopic (exact) mass is 182 g/mol. The highest BCUT2D eigenvalue weighted by Crippen LogP contribution is 2.38. The van der Waals surface area contributed by atoms with Crippen LogP contribution in [-0.4, -0.2) is 24.0 Å². The van der Waals surface area contributed by atoms with E-state index in [9.17, 15) is 9.59 Å². The van der Waals surface area contributed by atoms with E-state index in [4.69, 9.17) is 16.2 Å². The number of ether oxygens (including phenoxy) is 1. The summed E-state index contributed by atoms with van der Waals surface area (Å²) in [5, 5.41) is 0. The van der Waals surface area contributed by atoms with Gasteiger partial charge in [0.05, 0.1) is 24.0 Å². The molecular formula is C8H10N2O3. The van der Waals surface area contributed by atoms with Crippen LogP contribution in [0.4, 0.5) is 0 Å². The van der Waals surface area contributed by atoms with Gasteiger partial charge in [-0.2, -0.15) is 0 Å². The van der Waals surface area contributed by atoms with E-state index in [-0.39, 0.29) is 12.2 Å². The summed E-state index contributed by atoms with van der Waals surface area (Å²) in [4.78, 5) is 22.0. The molecule has 2 aliphatic heterocycles. The van der Waals surface area contributed by atoms with E-state index >= 15 is 0 Å². The smallest absolute Gasteiger partial charge is 0.224 e. The second-order valence-electron chi connectivity index (χ2n) is 3.31. The second-order valence-corrected chi connectivity index (χ2v) is 3.31. The van der Waals surface area contributed by atoms with Gasteiger partial charge in [0.2, 0.25) is 11.8 Å².